The van der Waals surface area contributed by atoms with Gasteiger partial charge in [0.2, 0.25) is 5.91 Å². The average Bonchev–Trinajstić information content (AvgIpc) is 2.60. The molecule has 0 unspecified atom stereocenters. The van der Waals surface area contributed by atoms with Gasteiger partial charge in [0.15, 0.2) is 0 Å². The highest BCUT2D eigenvalue weighted by molar-refractivity contribution is 6.10. The first kappa shape index (κ1) is 18.2. The van der Waals surface area contributed by atoms with E-state index in [4.69, 9.17) is 5.11 Å². The van der Waals surface area contributed by atoms with Crippen LogP contribution in [0.4, 0.5) is 5.69 Å². The normalized spacial score (nSPS) is 10.2. The maximum atomic E-state index is 12.3. The van der Waals surface area contributed by atoms with E-state index >= 15 is 0 Å². The molecule has 0 spiro atoms. The standard InChI is InChI=1S/C19H20N2O4/c1-21(2)17(22)12-9-13-7-10-14(11-8-13)20-18(23)15-5-3-4-6-16(15)19(24)25/h3-8,10-11H,9,12H2,1-2H3,(H,20,23)(H,24,25). The molecule has 0 fully saturated rings. The number of anilines is 1. The Labute approximate surface area is 146 Å². The molecule has 0 atom stereocenters. The predicted octanol–water partition coefficient (Wildman–Crippen LogP) is 2.66. The van der Waals surface area contributed by atoms with Crippen LogP contribution in [0.1, 0.15) is 32.7 Å². The Morgan fingerprint density at radius 3 is 2.12 bits per heavy atom. The fraction of sp³-hybridized carbons (Fsp3) is 0.211. The van der Waals surface area contributed by atoms with Crippen molar-refractivity contribution in [3.63, 3.8) is 0 Å². The molecule has 2 amide bonds. The Morgan fingerprint density at radius 2 is 1.56 bits per heavy atom. The van der Waals surface area contributed by atoms with Gasteiger partial charge < -0.3 is 15.3 Å². The van der Waals surface area contributed by atoms with Gasteiger partial charge in [0.25, 0.3) is 5.91 Å². The minimum Gasteiger partial charge on any atom is -0.478 e. The molecule has 6 nitrogen and oxygen atoms in total. The van der Waals surface area contributed by atoms with Crippen molar-refractivity contribution in [2.24, 2.45) is 0 Å². The molecule has 0 heterocycles. The predicted molar refractivity (Wildman–Crippen MR) is 94.8 cm³/mol. The van der Waals surface area contributed by atoms with Crippen LogP contribution in [0.3, 0.4) is 0 Å². The van der Waals surface area contributed by atoms with Gasteiger partial charge in [-0.25, -0.2) is 4.79 Å². The summed E-state index contributed by atoms with van der Waals surface area (Å²) < 4.78 is 0. The minimum absolute atomic E-state index is 0.0428. The molecule has 130 valence electrons. The first-order valence-corrected chi connectivity index (χ1v) is 7.81. The second-order valence-corrected chi connectivity index (χ2v) is 5.79. The van der Waals surface area contributed by atoms with Crippen molar-refractivity contribution >= 4 is 23.5 Å². The van der Waals surface area contributed by atoms with Crippen LogP contribution in [0.25, 0.3) is 0 Å². The first-order chi connectivity index (χ1) is 11.9. The lowest BCUT2D eigenvalue weighted by Gasteiger charge is -2.10. The maximum Gasteiger partial charge on any atom is 0.336 e. The summed E-state index contributed by atoms with van der Waals surface area (Å²) in [6.07, 6.45) is 1.04. The topological polar surface area (TPSA) is 86.7 Å². The first-order valence-electron chi connectivity index (χ1n) is 7.81. The second kappa shape index (κ2) is 8.10. The van der Waals surface area contributed by atoms with Gasteiger partial charge >= 0.3 is 5.97 Å². The third-order valence-corrected chi connectivity index (χ3v) is 3.74. The van der Waals surface area contributed by atoms with Crippen molar-refractivity contribution < 1.29 is 19.5 Å². The molecule has 0 radical (unpaired) electrons. The van der Waals surface area contributed by atoms with Crippen LogP contribution in [-0.2, 0) is 11.2 Å². The highest BCUT2D eigenvalue weighted by Gasteiger charge is 2.15. The lowest BCUT2D eigenvalue weighted by Crippen LogP contribution is -2.21. The number of nitrogens with zero attached hydrogens (tertiary/aromatic N) is 1. The number of hydrogen-bond acceptors (Lipinski definition) is 3. The number of carbonyl (C=O) groups excluding carboxylic acids is 2. The summed E-state index contributed by atoms with van der Waals surface area (Å²) >= 11 is 0. The number of carboxylic acid groups (broad SMARTS) is 1. The van der Waals surface area contributed by atoms with Crippen LogP contribution in [0, 0.1) is 0 Å². The van der Waals surface area contributed by atoms with E-state index in [1.165, 1.54) is 12.1 Å². The molecule has 0 aliphatic heterocycles. The molecule has 2 rings (SSSR count). The van der Waals surface area contributed by atoms with Crippen LogP contribution in [0.2, 0.25) is 0 Å². The van der Waals surface area contributed by atoms with E-state index in [9.17, 15) is 14.4 Å². The van der Waals surface area contributed by atoms with Crippen LogP contribution in [0.5, 0.6) is 0 Å². The van der Waals surface area contributed by atoms with Crippen LogP contribution in [-0.4, -0.2) is 41.9 Å². The smallest absolute Gasteiger partial charge is 0.336 e. The van der Waals surface area contributed by atoms with Gasteiger partial charge in [-0.2, -0.15) is 0 Å². The third-order valence-electron chi connectivity index (χ3n) is 3.74. The summed E-state index contributed by atoms with van der Waals surface area (Å²) in [6.45, 7) is 0. The number of nitrogens with one attached hydrogen (secondary N) is 1. The molecule has 6 heteroatoms. The molecule has 0 aliphatic rings. The van der Waals surface area contributed by atoms with Gasteiger partial charge in [-0.1, -0.05) is 24.3 Å². The fourth-order valence-electron chi connectivity index (χ4n) is 2.30. The SMILES string of the molecule is CN(C)C(=O)CCc1ccc(NC(=O)c2ccccc2C(=O)O)cc1. The van der Waals surface area contributed by atoms with E-state index in [0.717, 1.165) is 5.56 Å². The Bertz CT molecular complexity index is 782. The number of aryl methyl sites for hydroxylation is 1. The monoisotopic (exact) mass is 340 g/mol. The number of amides is 2. The van der Waals surface area contributed by atoms with Crippen molar-refractivity contribution in [1.82, 2.24) is 4.90 Å². The molecule has 0 aromatic heterocycles. The van der Waals surface area contributed by atoms with Crippen LogP contribution >= 0.6 is 0 Å². The molecule has 2 N–H and O–H groups in total. The van der Waals surface area contributed by atoms with Gasteiger partial charge in [-0.3, -0.25) is 9.59 Å². The molecule has 0 saturated carbocycles. The quantitative estimate of drug-likeness (QED) is 0.846. The number of benzene rings is 2. The van der Waals surface area contributed by atoms with Gasteiger partial charge in [-0.05, 0) is 36.2 Å². The third kappa shape index (κ3) is 4.91. The van der Waals surface area contributed by atoms with Crippen LogP contribution in [0.15, 0.2) is 48.5 Å². The van der Waals surface area contributed by atoms with Crippen molar-refractivity contribution in [2.75, 3.05) is 19.4 Å². The molecule has 0 bridgehead atoms. The average molecular weight is 340 g/mol. The molecule has 0 aliphatic carbocycles. The number of carboxylic acids is 1. The number of aromatic carboxylic acids is 1. The highest BCUT2D eigenvalue weighted by Crippen LogP contribution is 2.15. The van der Waals surface area contributed by atoms with Crippen molar-refractivity contribution in [2.45, 2.75) is 12.8 Å². The van der Waals surface area contributed by atoms with E-state index in [0.29, 0.717) is 18.5 Å². The zero-order valence-corrected chi connectivity index (χ0v) is 14.2. The zero-order chi connectivity index (χ0) is 18.4. The summed E-state index contributed by atoms with van der Waals surface area (Å²) in [5, 5.41) is 11.8. The van der Waals surface area contributed by atoms with Crippen molar-refractivity contribution in [3.05, 3.63) is 65.2 Å². The Morgan fingerprint density at radius 1 is 0.960 bits per heavy atom. The molecule has 2 aromatic rings. The largest absolute Gasteiger partial charge is 0.478 e. The maximum absolute atomic E-state index is 12.3. The van der Waals surface area contributed by atoms with Gasteiger partial charge in [0.05, 0.1) is 11.1 Å². The fourth-order valence-corrected chi connectivity index (χ4v) is 2.30. The molecule has 2 aromatic carbocycles. The van der Waals surface area contributed by atoms with Crippen molar-refractivity contribution in [3.8, 4) is 0 Å². The lowest BCUT2D eigenvalue weighted by molar-refractivity contribution is -0.128. The Hall–Kier alpha value is -3.15. The Kier molecular flexibility index (Phi) is 5.89. The van der Waals surface area contributed by atoms with Gasteiger partial charge in [0, 0.05) is 26.2 Å². The van der Waals surface area contributed by atoms with E-state index < -0.39 is 11.9 Å². The minimum atomic E-state index is -1.15. The van der Waals surface area contributed by atoms with E-state index in [1.54, 1.807) is 43.3 Å². The molecular weight excluding hydrogens is 320 g/mol. The van der Waals surface area contributed by atoms with Crippen LogP contribution < -0.4 is 5.32 Å². The van der Waals surface area contributed by atoms with Gasteiger partial charge in [-0.15, -0.1) is 0 Å². The van der Waals surface area contributed by atoms with E-state index in [-0.39, 0.29) is 17.0 Å². The summed E-state index contributed by atoms with van der Waals surface area (Å²) in [5.74, 6) is -1.57. The summed E-state index contributed by atoms with van der Waals surface area (Å²) in [5.41, 5.74) is 1.61. The number of carbonyl (C=O) groups is 3. The summed E-state index contributed by atoms with van der Waals surface area (Å²) in [7, 11) is 3.44. The molecule has 25 heavy (non-hydrogen) atoms. The second-order valence-electron chi connectivity index (χ2n) is 5.79. The van der Waals surface area contributed by atoms with Gasteiger partial charge in [0.1, 0.15) is 0 Å². The lowest BCUT2D eigenvalue weighted by atomic mass is 10.1. The Balaban J connectivity index is 2.03. The summed E-state index contributed by atoms with van der Waals surface area (Å²) in [6, 6.07) is 13.2. The highest BCUT2D eigenvalue weighted by atomic mass is 16.4. The number of hydrogen-bond donors (Lipinski definition) is 2. The number of rotatable bonds is 6. The zero-order valence-electron chi connectivity index (χ0n) is 14.2. The summed E-state index contributed by atoms with van der Waals surface area (Å²) in [4.78, 5) is 36.6. The van der Waals surface area contributed by atoms with E-state index in [1.807, 2.05) is 12.1 Å². The molecule has 0 saturated heterocycles. The van der Waals surface area contributed by atoms with Crippen molar-refractivity contribution in [1.29, 1.82) is 0 Å². The van der Waals surface area contributed by atoms with E-state index in [2.05, 4.69) is 5.32 Å². The molecular formula is C19H20N2O4.